The second kappa shape index (κ2) is 9.32. The van der Waals surface area contributed by atoms with Gasteiger partial charge in [-0.3, -0.25) is 24.6 Å². The molecule has 0 aromatic rings. The lowest BCUT2D eigenvalue weighted by molar-refractivity contribution is -0.189. The van der Waals surface area contributed by atoms with Gasteiger partial charge in [0.2, 0.25) is 18.2 Å². The van der Waals surface area contributed by atoms with Crippen LogP contribution in [0.3, 0.4) is 0 Å². The number of carbonyl (C=O) groups excluding carboxylic acids is 3. The van der Waals surface area contributed by atoms with Crippen molar-refractivity contribution in [3.8, 4) is 0 Å². The lowest BCUT2D eigenvalue weighted by Gasteiger charge is -2.49. The zero-order chi connectivity index (χ0) is 20.1. The molecule has 0 aliphatic carbocycles. The van der Waals surface area contributed by atoms with E-state index in [1.807, 2.05) is 25.8 Å². The van der Waals surface area contributed by atoms with Crippen molar-refractivity contribution >= 4 is 18.2 Å². The maximum absolute atomic E-state index is 13.0. The van der Waals surface area contributed by atoms with Gasteiger partial charge < -0.3 is 4.90 Å². The van der Waals surface area contributed by atoms with Gasteiger partial charge >= 0.3 is 0 Å². The van der Waals surface area contributed by atoms with Crippen LogP contribution in [0.25, 0.3) is 0 Å². The molecule has 2 atom stereocenters. The number of rotatable bonds is 7. The molecule has 1 aliphatic heterocycles. The lowest BCUT2D eigenvalue weighted by Crippen LogP contribution is -2.65. The molecule has 8 nitrogen and oxygen atoms in total. The third-order valence-electron chi connectivity index (χ3n) is 4.69. The van der Waals surface area contributed by atoms with Crippen LogP contribution < -0.4 is 0 Å². The Morgan fingerprint density at radius 2 is 1.88 bits per heavy atom. The molecule has 3 amide bonds. The van der Waals surface area contributed by atoms with Crippen LogP contribution in [-0.2, 0) is 14.4 Å². The van der Waals surface area contributed by atoms with Gasteiger partial charge in [-0.05, 0) is 18.3 Å². The summed E-state index contributed by atoms with van der Waals surface area (Å²) in [6.45, 7) is 8.31. The van der Waals surface area contributed by atoms with E-state index in [1.54, 1.807) is 26.0 Å². The van der Waals surface area contributed by atoms with Crippen molar-refractivity contribution in [3.63, 3.8) is 0 Å². The Labute approximate surface area is 156 Å². The number of hydrogen-bond donors (Lipinski definition) is 1. The summed E-state index contributed by atoms with van der Waals surface area (Å²) < 4.78 is 0. The molecule has 0 spiro atoms. The topological polar surface area (TPSA) is 84.4 Å². The van der Waals surface area contributed by atoms with Gasteiger partial charge in [0.1, 0.15) is 6.04 Å². The van der Waals surface area contributed by atoms with Crippen molar-refractivity contribution in [3.05, 3.63) is 0 Å². The lowest BCUT2D eigenvalue weighted by atomic mass is 9.85. The quantitative estimate of drug-likeness (QED) is 0.415. The highest BCUT2D eigenvalue weighted by atomic mass is 16.5. The third kappa shape index (κ3) is 5.41. The molecule has 0 bridgehead atoms. The zero-order valence-electron chi connectivity index (χ0n) is 16.9. The van der Waals surface area contributed by atoms with E-state index in [9.17, 15) is 19.6 Å². The molecule has 0 aromatic heterocycles. The summed E-state index contributed by atoms with van der Waals surface area (Å²) in [6, 6.07) is -0.872. The first kappa shape index (κ1) is 22.4. The largest absolute Gasteiger partial charge is 0.347 e. The first-order chi connectivity index (χ1) is 12.0. The van der Waals surface area contributed by atoms with Gasteiger partial charge in [0.15, 0.2) is 0 Å². The van der Waals surface area contributed by atoms with Crippen molar-refractivity contribution in [2.45, 2.75) is 65.5 Å². The van der Waals surface area contributed by atoms with E-state index in [2.05, 4.69) is 0 Å². The first-order valence-corrected chi connectivity index (χ1v) is 9.25. The number of amides is 3. The smallest absolute Gasteiger partial charge is 0.247 e. The highest BCUT2D eigenvalue weighted by molar-refractivity contribution is 5.87. The van der Waals surface area contributed by atoms with Crippen LogP contribution in [0.15, 0.2) is 0 Å². The minimum absolute atomic E-state index is 0.101. The van der Waals surface area contributed by atoms with E-state index in [0.717, 1.165) is 19.3 Å². The number of hydroxylamine groups is 2. The summed E-state index contributed by atoms with van der Waals surface area (Å²) in [4.78, 5) is 38.2. The molecular formula is C18H34N4O4. The van der Waals surface area contributed by atoms with E-state index in [-0.39, 0.29) is 30.8 Å². The van der Waals surface area contributed by atoms with Crippen molar-refractivity contribution in [1.82, 2.24) is 20.0 Å². The predicted octanol–water partition coefficient (Wildman–Crippen LogP) is 1.35. The Kier molecular flexibility index (Phi) is 8.02. The van der Waals surface area contributed by atoms with E-state index in [0.29, 0.717) is 18.0 Å². The number of carbonyl (C=O) groups is 3. The fourth-order valence-corrected chi connectivity index (χ4v) is 3.40. The summed E-state index contributed by atoms with van der Waals surface area (Å²) in [5.74, 6) is -0.275. The average Bonchev–Trinajstić information content (AvgIpc) is 2.57. The SMILES string of the molecule is CCC(=O)N(C(C(=O)N(C)C)C(C)(C)C)N1CCCCC1CN(O)C=O. The first-order valence-electron chi connectivity index (χ1n) is 9.25. The molecule has 2 unspecified atom stereocenters. The minimum Gasteiger partial charge on any atom is -0.347 e. The fraction of sp³-hybridized carbons (Fsp3) is 0.833. The number of hydrogen-bond acceptors (Lipinski definition) is 5. The van der Waals surface area contributed by atoms with Crippen LogP contribution in [0.2, 0.25) is 0 Å². The normalized spacial score (nSPS) is 19.6. The van der Waals surface area contributed by atoms with Crippen molar-refractivity contribution in [2.75, 3.05) is 27.2 Å². The van der Waals surface area contributed by atoms with Crippen molar-refractivity contribution < 1.29 is 19.6 Å². The Bertz CT molecular complexity index is 504. The van der Waals surface area contributed by atoms with Gasteiger partial charge in [-0.2, -0.15) is 0 Å². The van der Waals surface area contributed by atoms with Gasteiger partial charge in [-0.15, -0.1) is 0 Å². The van der Waals surface area contributed by atoms with E-state index in [4.69, 9.17) is 0 Å². The van der Waals surface area contributed by atoms with Crippen LogP contribution >= 0.6 is 0 Å². The van der Waals surface area contributed by atoms with Crippen LogP contribution in [0.4, 0.5) is 0 Å². The second-order valence-electron chi connectivity index (χ2n) is 8.13. The Hall–Kier alpha value is -1.67. The molecule has 150 valence electrons. The van der Waals surface area contributed by atoms with E-state index < -0.39 is 11.5 Å². The number of nitrogens with zero attached hydrogens (tertiary/aromatic N) is 4. The standard InChI is InChI=1S/C18H34N4O4/c1-7-15(24)22(16(18(2,3)4)17(25)19(5)6)21-11-9-8-10-14(21)12-20(26)13-23/h13-14,16,26H,7-12H2,1-6H3. The number of likely N-dealkylation sites (N-methyl/N-ethyl adjacent to an activating group) is 1. The van der Waals surface area contributed by atoms with Crippen LogP contribution in [0.5, 0.6) is 0 Å². The van der Waals surface area contributed by atoms with E-state index in [1.165, 1.54) is 4.90 Å². The van der Waals surface area contributed by atoms with E-state index >= 15 is 0 Å². The molecular weight excluding hydrogens is 336 g/mol. The molecule has 1 N–H and O–H groups in total. The molecule has 26 heavy (non-hydrogen) atoms. The highest BCUT2D eigenvalue weighted by Gasteiger charge is 2.44. The Morgan fingerprint density at radius 1 is 1.27 bits per heavy atom. The number of piperidine rings is 1. The van der Waals surface area contributed by atoms with Gasteiger partial charge in [0.25, 0.3) is 0 Å². The highest BCUT2D eigenvalue weighted by Crippen LogP contribution is 2.31. The fourth-order valence-electron chi connectivity index (χ4n) is 3.40. The molecule has 0 radical (unpaired) electrons. The van der Waals surface area contributed by atoms with Crippen molar-refractivity contribution in [2.24, 2.45) is 5.41 Å². The summed E-state index contributed by atoms with van der Waals surface area (Å²) in [7, 11) is 3.37. The number of hydrazine groups is 1. The molecule has 0 saturated carbocycles. The molecule has 1 saturated heterocycles. The second-order valence-corrected chi connectivity index (χ2v) is 8.13. The third-order valence-corrected chi connectivity index (χ3v) is 4.69. The summed E-state index contributed by atoms with van der Waals surface area (Å²) in [5.41, 5.74) is -0.474. The summed E-state index contributed by atoms with van der Waals surface area (Å²) in [5, 5.41) is 13.7. The molecule has 1 aliphatic rings. The summed E-state index contributed by atoms with van der Waals surface area (Å²) >= 11 is 0. The van der Waals surface area contributed by atoms with Gasteiger partial charge in [0, 0.05) is 33.1 Å². The molecule has 1 fully saturated rings. The monoisotopic (exact) mass is 370 g/mol. The molecule has 0 aromatic carbocycles. The van der Waals surface area contributed by atoms with Gasteiger partial charge in [0.05, 0.1) is 6.54 Å². The average molecular weight is 370 g/mol. The van der Waals surface area contributed by atoms with Gasteiger partial charge in [-0.1, -0.05) is 34.1 Å². The van der Waals surface area contributed by atoms with Crippen LogP contribution in [0.1, 0.15) is 53.4 Å². The molecule has 1 heterocycles. The van der Waals surface area contributed by atoms with Crippen LogP contribution in [-0.4, -0.2) is 82.7 Å². The predicted molar refractivity (Wildman–Crippen MR) is 98.0 cm³/mol. The molecule has 1 rings (SSSR count). The maximum atomic E-state index is 13.0. The van der Waals surface area contributed by atoms with Gasteiger partial charge in [-0.25, -0.2) is 10.1 Å². The van der Waals surface area contributed by atoms with Crippen molar-refractivity contribution in [1.29, 1.82) is 0 Å². The maximum Gasteiger partial charge on any atom is 0.247 e. The molecule has 8 heteroatoms. The zero-order valence-corrected chi connectivity index (χ0v) is 16.9. The van der Waals surface area contributed by atoms with Crippen LogP contribution in [0, 0.1) is 5.41 Å². The Morgan fingerprint density at radius 3 is 2.35 bits per heavy atom. The minimum atomic E-state index is -0.658. The Balaban J connectivity index is 3.33. The summed E-state index contributed by atoms with van der Waals surface area (Å²) in [6.07, 6.45) is 3.22.